The molecule has 2 aliphatic rings. The van der Waals surface area contributed by atoms with E-state index in [2.05, 4.69) is 95.5 Å². The van der Waals surface area contributed by atoms with Crippen molar-refractivity contribution < 1.29 is 72.0 Å². The first-order chi connectivity index (χ1) is 35.7. The monoisotopic (exact) mass is 1050 g/mol. The van der Waals surface area contributed by atoms with Gasteiger partial charge >= 0.3 is 52.7 Å². The van der Waals surface area contributed by atoms with Crippen LogP contribution in [0.3, 0.4) is 0 Å². The van der Waals surface area contributed by atoms with Crippen LogP contribution in [0.15, 0.2) is 91.7 Å². The van der Waals surface area contributed by atoms with Gasteiger partial charge in [0, 0.05) is 108 Å². The van der Waals surface area contributed by atoms with E-state index >= 15 is 0 Å². The zero-order chi connectivity index (χ0) is 54.7. The van der Waals surface area contributed by atoms with Gasteiger partial charge in [-0.15, -0.1) is 0 Å². The maximum atomic E-state index is 12.8. The van der Waals surface area contributed by atoms with Gasteiger partial charge in [0.05, 0.1) is 33.5 Å². The van der Waals surface area contributed by atoms with E-state index in [1.807, 2.05) is 97.7 Å². The summed E-state index contributed by atoms with van der Waals surface area (Å²) in [5.74, 6) is -0.813. The Hall–Kier alpha value is -7.24. The molecule has 2 aliphatic heterocycles. The van der Waals surface area contributed by atoms with Crippen molar-refractivity contribution in [3.63, 3.8) is 0 Å². The Morgan fingerprint density at radius 3 is 1.50 bits per heavy atom. The Labute approximate surface area is 462 Å². The van der Waals surface area contributed by atoms with Crippen LogP contribution in [-0.4, -0.2) is 124 Å². The number of likely N-dealkylation sites (N-methyl/N-ethyl adjacent to an activating group) is 1. The van der Waals surface area contributed by atoms with Gasteiger partial charge < -0.3 is 55.2 Å². The van der Waals surface area contributed by atoms with E-state index in [0.717, 1.165) is 116 Å². The summed E-state index contributed by atoms with van der Waals surface area (Å²) in [6.07, 6.45) is 8.33. The summed E-state index contributed by atoms with van der Waals surface area (Å²) in [5.41, 5.74) is 7.71. The van der Waals surface area contributed by atoms with Gasteiger partial charge in [-0.25, -0.2) is 38.9 Å². The predicted octanol–water partition coefficient (Wildman–Crippen LogP) is 3.05. The number of anilines is 2. The number of imidazole rings is 2. The van der Waals surface area contributed by atoms with Crippen LogP contribution in [0.2, 0.25) is 0 Å². The van der Waals surface area contributed by atoms with Gasteiger partial charge in [0.1, 0.15) is 17.7 Å². The van der Waals surface area contributed by atoms with Crippen LogP contribution in [0, 0.1) is 27.7 Å². The number of aldehydes is 1. The fraction of sp³-hybridized carbons (Fsp3) is 0.358. The zero-order valence-electron chi connectivity index (χ0n) is 45.0. The number of carbonyl (C=O) groups excluding carboxylic acids is 4. The number of rotatable bonds is 4. The second-order valence-electron chi connectivity index (χ2n) is 18.1. The molecule has 10 rings (SSSR count). The van der Waals surface area contributed by atoms with E-state index < -0.39 is 17.9 Å². The van der Waals surface area contributed by atoms with Crippen LogP contribution in [0.5, 0.6) is 0 Å². The van der Waals surface area contributed by atoms with Crippen LogP contribution < -0.4 is 55.9 Å². The van der Waals surface area contributed by atoms with Gasteiger partial charge in [-0.1, -0.05) is 12.1 Å². The Morgan fingerprint density at radius 2 is 1.11 bits per heavy atom. The average molecular weight is 1050 g/mol. The maximum absolute atomic E-state index is 12.8. The van der Waals surface area contributed by atoms with Crippen LogP contribution in [0.1, 0.15) is 64.3 Å². The molecule has 6 aromatic heterocycles. The minimum absolute atomic E-state index is 0. The second-order valence-corrected chi connectivity index (χ2v) is 18.1. The third-order valence-electron chi connectivity index (χ3n) is 11.9. The largest absolute Gasteiger partial charge is 1.00 e. The predicted molar refractivity (Wildman–Crippen MR) is 285 cm³/mol. The van der Waals surface area contributed by atoms with Crippen molar-refractivity contribution in [1.29, 1.82) is 0 Å². The Morgan fingerprint density at radius 1 is 0.671 bits per heavy atom. The van der Waals surface area contributed by atoms with Crippen molar-refractivity contribution in [2.75, 3.05) is 56.1 Å². The molecular weight excluding hydrogens is 986 g/mol. The average Bonchev–Trinajstić information content (AvgIpc) is 4.01. The smallest absolute Gasteiger partial charge is 0.793 e. The molecule has 2 saturated heterocycles. The van der Waals surface area contributed by atoms with Crippen LogP contribution >= 0.6 is 0 Å². The van der Waals surface area contributed by atoms with Crippen LogP contribution in [0.4, 0.5) is 11.4 Å². The minimum atomic E-state index is -0.639. The number of hydrogen-bond acceptors (Lipinski definition) is 19. The molecule has 2 fully saturated rings. The van der Waals surface area contributed by atoms with Gasteiger partial charge in [0.25, 0.3) is 0 Å². The number of aryl methyl sites for hydroxylation is 4. The van der Waals surface area contributed by atoms with Gasteiger partial charge in [-0.2, -0.15) is 0 Å². The number of fused-ring (bicyclic) bond motifs is 4. The number of nitrogens with one attached hydrogen (secondary N) is 1. The number of hydrogen-bond donors (Lipinski definition) is 1. The quantitative estimate of drug-likeness (QED) is 0.115. The number of piperazine rings is 2. The van der Waals surface area contributed by atoms with E-state index in [-0.39, 0.29) is 40.8 Å². The summed E-state index contributed by atoms with van der Waals surface area (Å²) in [6.45, 7) is 22.8. The molecule has 8 heterocycles. The number of nitrogens with zero attached hydrogens (tertiary/aromatic N) is 9. The molecule has 23 heteroatoms. The molecule has 1 N–H and O–H groups in total. The fourth-order valence-electron chi connectivity index (χ4n) is 8.40. The number of aromatic nitrogens is 6. The van der Waals surface area contributed by atoms with E-state index in [1.54, 1.807) is 0 Å². The van der Waals surface area contributed by atoms with Gasteiger partial charge in [0.15, 0.2) is 22.8 Å². The van der Waals surface area contributed by atoms with Crippen molar-refractivity contribution in [3.8, 4) is 22.9 Å². The standard InChI is InChI=1S/C23H25N5O2.C22H23N5O2.C4H6O4.C2H3BO2.C2H4O.Na/c1-14-11-28-13-20(25-22(28)16(3)24-14)21-9-17-5-6-18(10-19(17)23(29)30-21)27-8-7-26(4)15(2)12-27;1-13-10-26(7-6-23-13)17-5-4-16-8-20(29-22(28)18(16)9-17)19-12-27-11-14(2)24-15(3)21(27)25-19;1-3(5)7-8-4(2)6;1-2(4)5-3;1-2-3;/h5-6,9-11,13,15H,7-8,12H2,1-4H3;4-5,8-9,11-13,23H,6-7,10H2,1-3H3;1-2H3;1H3;2H,1H3;/q;;;-1;;+1/t15-;13-;;;;/m00..../s1. The molecule has 0 aliphatic carbocycles. The summed E-state index contributed by atoms with van der Waals surface area (Å²) in [7, 11) is 6.47. The first kappa shape index (κ1) is 59.6. The molecule has 21 nitrogen and oxygen atoms in total. The summed E-state index contributed by atoms with van der Waals surface area (Å²) >= 11 is 0. The Balaban J connectivity index is 0.000000217. The molecule has 0 spiro atoms. The maximum Gasteiger partial charge on any atom is 1.00 e. The third-order valence-corrected chi connectivity index (χ3v) is 11.9. The van der Waals surface area contributed by atoms with E-state index in [9.17, 15) is 24.0 Å². The SMILES string of the molecule is CC(=O)OOC(C)=O.CC=O.Cc1cn2cc(-c3cc4ccc(N5CCN(C)[C@@H](C)C5)cc4c(=O)o3)nc2c(C)n1.Cc1cn2cc(-c3cc4ccc(N5CCN[C@@H](C)C5)cc4c(=O)o3)nc2c(C)n1.[B-]OC(C)=O.[Na+]. The van der Waals surface area contributed by atoms with E-state index in [1.165, 1.54) is 13.8 Å². The summed E-state index contributed by atoms with van der Waals surface area (Å²) < 4.78 is 18.8. The molecule has 2 atom stereocenters. The Bertz CT molecular complexity index is 3470. The molecule has 0 bridgehead atoms. The van der Waals surface area contributed by atoms with Gasteiger partial charge in [-0.05, 0) is 103 Å². The fourth-order valence-corrected chi connectivity index (χ4v) is 8.40. The van der Waals surface area contributed by atoms with E-state index in [4.69, 9.17) is 13.6 Å². The molecule has 393 valence electrons. The van der Waals surface area contributed by atoms with Crippen LogP contribution in [-0.2, 0) is 33.6 Å². The summed E-state index contributed by atoms with van der Waals surface area (Å²) in [6, 6.07) is 16.7. The first-order valence-corrected chi connectivity index (χ1v) is 24.1. The number of benzene rings is 2. The minimum Gasteiger partial charge on any atom is -0.793 e. The normalized spacial score (nSPS) is 15.1. The molecular formula is C53H61BN10NaO11. The molecule has 8 aromatic rings. The molecule has 0 amide bonds. The third kappa shape index (κ3) is 15.4. The molecule has 76 heavy (non-hydrogen) atoms. The van der Waals surface area contributed by atoms with Gasteiger partial charge in [0.2, 0.25) is 5.97 Å². The molecule has 3 radical (unpaired) electrons. The summed E-state index contributed by atoms with van der Waals surface area (Å²) in [5, 5.41) is 6.34. The Kier molecular flexibility index (Phi) is 21.2. The topological polar surface area (TPSA) is 239 Å². The van der Waals surface area contributed by atoms with Crippen molar-refractivity contribution in [2.24, 2.45) is 0 Å². The first-order valence-electron chi connectivity index (χ1n) is 24.1. The summed E-state index contributed by atoms with van der Waals surface area (Å²) in [4.78, 5) is 96.3. The molecule has 0 unspecified atom stereocenters. The van der Waals surface area contributed by atoms with Crippen molar-refractivity contribution in [1.82, 2.24) is 39.0 Å². The number of carbonyl (C=O) groups is 4. The van der Waals surface area contributed by atoms with Crippen LogP contribution in [0.25, 0.3) is 55.7 Å². The van der Waals surface area contributed by atoms with Crippen molar-refractivity contribution in [3.05, 3.63) is 117 Å². The zero-order valence-corrected chi connectivity index (χ0v) is 47.0. The van der Waals surface area contributed by atoms with E-state index in [0.29, 0.717) is 45.8 Å². The molecule has 2 aromatic carbocycles. The van der Waals surface area contributed by atoms with Gasteiger partial charge in [-0.3, -0.25) is 14.8 Å². The molecule has 0 saturated carbocycles. The second kappa shape index (κ2) is 27.0. The van der Waals surface area contributed by atoms with Crippen molar-refractivity contribution >= 4 is 76.5 Å². The van der Waals surface area contributed by atoms with Crippen molar-refractivity contribution in [2.45, 2.75) is 81.3 Å².